The van der Waals surface area contributed by atoms with Gasteiger partial charge in [0.1, 0.15) is 0 Å². The zero-order valence-corrected chi connectivity index (χ0v) is 17.0. The van der Waals surface area contributed by atoms with Gasteiger partial charge in [-0.15, -0.1) is 11.3 Å². The van der Waals surface area contributed by atoms with Gasteiger partial charge in [0.05, 0.1) is 10.6 Å². The standard InChI is InChI=1S/C22H24N4O2S/c27-21(9-8-16-5-2-1-3-6-16)23-17-10-12-26(13-11-17)22(28)19-15-18(24-25-19)20-7-4-14-29-20/h1-7,14-15,17H,8-13H2,(H,23,27)(H,24,25). The highest BCUT2D eigenvalue weighted by Gasteiger charge is 2.26. The van der Waals surface area contributed by atoms with Crippen LogP contribution in [0.25, 0.3) is 10.6 Å². The number of carbonyl (C=O) groups is 2. The number of H-pyrrole nitrogens is 1. The molecule has 1 aliphatic heterocycles. The van der Waals surface area contributed by atoms with Gasteiger partial charge in [-0.3, -0.25) is 14.7 Å². The maximum absolute atomic E-state index is 12.7. The number of piperidine rings is 1. The first kappa shape index (κ1) is 19.4. The highest BCUT2D eigenvalue weighted by atomic mass is 32.1. The van der Waals surface area contributed by atoms with E-state index in [2.05, 4.69) is 15.5 Å². The van der Waals surface area contributed by atoms with Gasteiger partial charge in [-0.2, -0.15) is 5.10 Å². The van der Waals surface area contributed by atoms with Crippen LogP contribution in [-0.2, 0) is 11.2 Å². The Morgan fingerprint density at radius 1 is 1.14 bits per heavy atom. The highest BCUT2D eigenvalue weighted by molar-refractivity contribution is 7.13. The molecule has 4 rings (SSSR count). The molecule has 6 nitrogen and oxygen atoms in total. The van der Waals surface area contributed by atoms with E-state index < -0.39 is 0 Å². The third-order valence-electron chi connectivity index (χ3n) is 5.21. The molecule has 3 heterocycles. The molecule has 2 aromatic heterocycles. The average molecular weight is 409 g/mol. The Morgan fingerprint density at radius 2 is 1.93 bits per heavy atom. The van der Waals surface area contributed by atoms with Crippen LogP contribution in [0.1, 0.15) is 35.3 Å². The molecule has 3 aromatic rings. The third-order valence-corrected chi connectivity index (χ3v) is 6.12. The van der Waals surface area contributed by atoms with E-state index in [4.69, 9.17) is 0 Å². The highest BCUT2D eigenvalue weighted by Crippen LogP contribution is 2.23. The van der Waals surface area contributed by atoms with E-state index in [1.54, 1.807) is 11.3 Å². The summed E-state index contributed by atoms with van der Waals surface area (Å²) in [5, 5.41) is 12.2. The second-order valence-corrected chi connectivity index (χ2v) is 8.21. The summed E-state index contributed by atoms with van der Waals surface area (Å²) in [7, 11) is 0. The maximum atomic E-state index is 12.7. The van der Waals surface area contributed by atoms with Crippen molar-refractivity contribution in [3.8, 4) is 10.6 Å². The van der Waals surface area contributed by atoms with E-state index in [1.165, 1.54) is 5.56 Å². The molecule has 0 unspecified atom stereocenters. The van der Waals surface area contributed by atoms with Gasteiger partial charge in [-0.1, -0.05) is 36.4 Å². The molecular formula is C22H24N4O2S. The van der Waals surface area contributed by atoms with Gasteiger partial charge in [0.2, 0.25) is 5.91 Å². The number of nitrogens with zero attached hydrogens (tertiary/aromatic N) is 2. The van der Waals surface area contributed by atoms with Crippen molar-refractivity contribution >= 4 is 23.2 Å². The fraction of sp³-hybridized carbons (Fsp3) is 0.318. The van der Waals surface area contributed by atoms with Crippen LogP contribution in [0.2, 0.25) is 0 Å². The van der Waals surface area contributed by atoms with Crippen LogP contribution in [0, 0.1) is 0 Å². The summed E-state index contributed by atoms with van der Waals surface area (Å²) >= 11 is 1.61. The third kappa shape index (κ3) is 4.92. The maximum Gasteiger partial charge on any atom is 0.274 e. The number of hydrogen-bond donors (Lipinski definition) is 2. The van der Waals surface area contributed by atoms with Crippen molar-refractivity contribution in [2.45, 2.75) is 31.7 Å². The Labute approximate surface area is 173 Å². The number of aromatic amines is 1. The molecule has 0 saturated carbocycles. The van der Waals surface area contributed by atoms with Crippen LogP contribution < -0.4 is 5.32 Å². The number of carbonyl (C=O) groups excluding carboxylic acids is 2. The minimum Gasteiger partial charge on any atom is -0.353 e. The van der Waals surface area contributed by atoms with Crippen molar-refractivity contribution in [1.82, 2.24) is 20.4 Å². The monoisotopic (exact) mass is 408 g/mol. The zero-order chi connectivity index (χ0) is 20.1. The Bertz CT molecular complexity index is 944. The van der Waals surface area contributed by atoms with Crippen molar-refractivity contribution in [2.75, 3.05) is 13.1 Å². The van der Waals surface area contributed by atoms with Gasteiger partial charge in [0.15, 0.2) is 5.69 Å². The fourth-order valence-electron chi connectivity index (χ4n) is 3.58. The van der Waals surface area contributed by atoms with E-state index in [1.807, 2.05) is 58.8 Å². The Morgan fingerprint density at radius 3 is 2.66 bits per heavy atom. The Kier molecular flexibility index (Phi) is 6.05. The number of benzene rings is 1. The summed E-state index contributed by atoms with van der Waals surface area (Å²) in [6.07, 6.45) is 2.77. The molecule has 1 aliphatic rings. The Balaban J connectivity index is 1.24. The van der Waals surface area contributed by atoms with Gasteiger partial charge in [0.25, 0.3) is 5.91 Å². The van der Waals surface area contributed by atoms with Crippen LogP contribution in [0.15, 0.2) is 53.9 Å². The second kappa shape index (κ2) is 9.05. The molecule has 0 atom stereocenters. The molecule has 0 bridgehead atoms. The first-order valence-corrected chi connectivity index (χ1v) is 10.8. The van der Waals surface area contributed by atoms with Gasteiger partial charge >= 0.3 is 0 Å². The normalized spacial score (nSPS) is 14.7. The van der Waals surface area contributed by atoms with Gasteiger partial charge in [-0.25, -0.2) is 0 Å². The first-order chi connectivity index (χ1) is 14.2. The van der Waals surface area contributed by atoms with Crippen molar-refractivity contribution in [1.29, 1.82) is 0 Å². The minimum atomic E-state index is -0.0575. The summed E-state index contributed by atoms with van der Waals surface area (Å²) in [6.45, 7) is 1.26. The number of thiophene rings is 1. The Hall–Kier alpha value is -2.93. The largest absolute Gasteiger partial charge is 0.353 e. The number of hydrogen-bond acceptors (Lipinski definition) is 4. The van der Waals surface area contributed by atoms with Crippen LogP contribution >= 0.6 is 11.3 Å². The molecule has 0 radical (unpaired) electrons. The summed E-state index contributed by atoms with van der Waals surface area (Å²) in [6, 6.07) is 15.9. The number of amides is 2. The molecule has 150 valence electrons. The molecule has 1 aromatic carbocycles. The number of nitrogens with one attached hydrogen (secondary N) is 2. The van der Waals surface area contributed by atoms with E-state index >= 15 is 0 Å². The molecule has 1 fully saturated rings. The van der Waals surface area contributed by atoms with E-state index in [0.717, 1.165) is 29.8 Å². The van der Waals surface area contributed by atoms with Crippen molar-refractivity contribution in [3.63, 3.8) is 0 Å². The molecule has 2 amide bonds. The van der Waals surface area contributed by atoms with Gasteiger partial charge in [-0.05, 0) is 42.3 Å². The molecule has 7 heteroatoms. The molecule has 0 aliphatic carbocycles. The zero-order valence-electron chi connectivity index (χ0n) is 16.1. The van der Waals surface area contributed by atoms with E-state index in [0.29, 0.717) is 25.2 Å². The van der Waals surface area contributed by atoms with Crippen LogP contribution in [0.4, 0.5) is 0 Å². The number of aryl methyl sites for hydroxylation is 1. The lowest BCUT2D eigenvalue weighted by Gasteiger charge is -2.32. The fourth-order valence-corrected chi connectivity index (χ4v) is 4.27. The summed E-state index contributed by atoms with van der Waals surface area (Å²) < 4.78 is 0. The predicted octanol–water partition coefficient (Wildman–Crippen LogP) is 3.49. The SMILES string of the molecule is O=C(CCc1ccccc1)NC1CCN(C(=O)c2cc(-c3cccs3)[nH]n2)CC1. The van der Waals surface area contributed by atoms with Gasteiger partial charge in [0, 0.05) is 25.6 Å². The number of rotatable bonds is 6. The molecular weight excluding hydrogens is 384 g/mol. The molecule has 1 saturated heterocycles. The first-order valence-electron chi connectivity index (χ1n) is 9.91. The minimum absolute atomic E-state index is 0.0575. The summed E-state index contributed by atoms with van der Waals surface area (Å²) in [4.78, 5) is 27.8. The molecule has 0 spiro atoms. The smallest absolute Gasteiger partial charge is 0.274 e. The number of likely N-dealkylation sites (tertiary alicyclic amines) is 1. The van der Waals surface area contributed by atoms with Crippen molar-refractivity contribution in [2.24, 2.45) is 0 Å². The van der Waals surface area contributed by atoms with Crippen LogP contribution in [0.3, 0.4) is 0 Å². The quantitative estimate of drug-likeness (QED) is 0.655. The van der Waals surface area contributed by atoms with Crippen LogP contribution in [0.5, 0.6) is 0 Å². The van der Waals surface area contributed by atoms with Crippen molar-refractivity contribution in [3.05, 3.63) is 65.2 Å². The predicted molar refractivity (Wildman–Crippen MR) is 114 cm³/mol. The van der Waals surface area contributed by atoms with E-state index in [9.17, 15) is 9.59 Å². The lowest BCUT2D eigenvalue weighted by molar-refractivity contribution is -0.122. The molecule has 29 heavy (non-hydrogen) atoms. The summed E-state index contributed by atoms with van der Waals surface area (Å²) in [5.74, 6) is 0.0180. The van der Waals surface area contributed by atoms with Crippen molar-refractivity contribution < 1.29 is 9.59 Å². The summed E-state index contributed by atoms with van der Waals surface area (Å²) in [5.41, 5.74) is 2.48. The van der Waals surface area contributed by atoms with Gasteiger partial charge < -0.3 is 10.2 Å². The lowest BCUT2D eigenvalue weighted by atomic mass is 10.0. The van der Waals surface area contributed by atoms with E-state index in [-0.39, 0.29) is 17.9 Å². The average Bonchev–Trinajstić information content (AvgIpc) is 3.45. The second-order valence-electron chi connectivity index (χ2n) is 7.26. The number of aromatic nitrogens is 2. The lowest BCUT2D eigenvalue weighted by Crippen LogP contribution is -2.46. The topological polar surface area (TPSA) is 78.1 Å². The molecule has 2 N–H and O–H groups in total. The van der Waals surface area contributed by atoms with Crippen LogP contribution in [-0.4, -0.2) is 46.0 Å².